The minimum Gasteiger partial charge on any atom is -0.493 e. The monoisotopic (exact) mass is 542 g/mol. The van der Waals surface area contributed by atoms with Gasteiger partial charge in [-0.15, -0.1) is 0 Å². The minimum atomic E-state index is -3.02. The van der Waals surface area contributed by atoms with Gasteiger partial charge in [0.25, 0.3) is 0 Å². The first-order chi connectivity index (χ1) is 18.3. The van der Waals surface area contributed by atoms with Gasteiger partial charge in [-0.25, -0.2) is 18.1 Å². The molecule has 2 aromatic heterocycles. The summed E-state index contributed by atoms with van der Waals surface area (Å²) in [6.07, 6.45) is 8.64. The summed E-state index contributed by atoms with van der Waals surface area (Å²) in [5.74, 6) is 2.04. The van der Waals surface area contributed by atoms with E-state index in [0.717, 1.165) is 36.6 Å². The Hall–Kier alpha value is -3.25. The van der Waals surface area contributed by atoms with Gasteiger partial charge in [-0.05, 0) is 50.7 Å². The Morgan fingerprint density at radius 1 is 1.18 bits per heavy atom. The normalized spacial score (nSPS) is 22.1. The summed E-state index contributed by atoms with van der Waals surface area (Å²) < 4.78 is 30.3. The fraction of sp³-hybridized carbons (Fsp3) is 0.538. The largest absolute Gasteiger partial charge is 0.493 e. The van der Waals surface area contributed by atoms with Crippen molar-refractivity contribution in [2.24, 2.45) is 5.92 Å². The molecule has 38 heavy (non-hydrogen) atoms. The van der Waals surface area contributed by atoms with Crippen molar-refractivity contribution in [3.8, 4) is 11.6 Å². The van der Waals surface area contributed by atoms with E-state index in [0.29, 0.717) is 50.1 Å². The molecule has 0 radical (unpaired) electrons. The molecular weight excluding hydrogens is 508 g/mol. The Balaban J connectivity index is 1.21. The van der Waals surface area contributed by atoms with E-state index in [2.05, 4.69) is 20.4 Å². The van der Waals surface area contributed by atoms with Crippen molar-refractivity contribution in [3.63, 3.8) is 0 Å². The van der Waals surface area contributed by atoms with Gasteiger partial charge in [0.1, 0.15) is 15.6 Å². The van der Waals surface area contributed by atoms with E-state index in [9.17, 15) is 18.3 Å². The van der Waals surface area contributed by atoms with Gasteiger partial charge in [0, 0.05) is 43.6 Å². The molecule has 1 amide bonds. The van der Waals surface area contributed by atoms with Crippen LogP contribution in [-0.2, 0) is 14.6 Å². The molecule has 0 spiro atoms. The molecule has 3 aromatic rings. The van der Waals surface area contributed by atoms with Gasteiger partial charge >= 0.3 is 0 Å². The average molecular weight is 543 g/mol. The van der Waals surface area contributed by atoms with Crippen molar-refractivity contribution in [2.75, 3.05) is 37.0 Å². The second-order valence-electron chi connectivity index (χ2n) is 10.2. The van der Waals surface area contributed by atoms with Crippen molar-refractivity contribution in [2.45, 2.75) is 50.7 Å². The number of nitrogens with one attached hydrogen (secondary N) is 1. The van der Waals surface area contributed by atoms with E-state index < -0.39 is 9.84 Å². The Morgan fingerprint density at radius 3 is 2.74 bits per heavy atom. The van der Waals surface area contributed by atoms with Crippen LogP contribution in [0.2, 0.25) is 0 Å². The number of likely N-dealkylation sites (tertiary alicyclic amines) is 1. The molecule has 0 bridgehead atoms. The highest BCUT2D eigenvalue weighted by molar-refractivity contribution is 7.90. The third-order valence-corrected chi connectivity index (χ3v) is 8.26. The van der Waals surface area contributed by atoms with Gasteiger partial charge in [-0.2, -0.15) is 10.1 Å². The maximum atomic E-state index is 12.8. The van der Waals surface area contributed by atoms with E-state index >= 15 is 0 Å². The van der Waals surface area contributed by atoms with Crippen LogP contribution in [-0.4, -0.2) is 87.9 Å². The summed E-state index contributed by atoms with van der Waals surface area (Å²) in [6.45, 7) is 1.40. The molecule has 1 atom stereocenters. The zero-order valence-corrected chi connectivity index (χ0v) is 22.3. The second kappa shape index (κ2) is 11.2. The summed E-state index contributed by atoms with van der Waals surface area (Å²) in [5, 5.41) is 18.5. The zero-order valence-electron chi connectivity index (χ0n) is 21.5. The number of aromatic nitrogens is 4. The van der Waals surface area contributed by atoms with Crippen LogP contribution < -0.4 is 10.1 Å². The fourth-order valence-corrected chi connectivity index (χ4v) is 5.88. The number of nitrogens with zero attached hydrogens (tertiary/aromatic N) is 5. The number of benzene rings is 1. The maximum Gasteiger partial charge on any atom is 0.225 e. The van der Waals surface area contributed by atoms with E-state index in [4.69, 9.17) is 4.74 Å². The van der Waals surface area contributed by atoms with Gasteiger partial charge in [-0.1, -0.05) is 6.07 Å². The molecule has 11 nitrogen and oxygen atoms in total. The lowest BCUT2D eigenvalue weighted by Gasteiger charge is -2.30. The molecule has 3 heterocycles. The van der Waals surface area contributed by atoms with Crippen molar-refractivity contribution < 1.29 is 23.1 Å². The lowest BCUT2D eigenvalue weighted by molar-refractivity contribution is -0.135. The summed E-state index contributed by atoms with van der Waals surface area (Å²) in [5.41, 5.74) is 0.821. The van der Waals surface area contributed by atoms with Crippen LogP contribution in [0.4, 0.5) is 5.95 Å². The van der Waals surface area contributed by atoms with E-state index in [1.807, 2.05) is 18.2 Å². The number of fused-ring (bicyclic) bond motifs is 1. The molecule has 12 heteroatoms. The quantitative estimate of drug-likeness (QED) is 0.390. The first-order valence-corrected chi connectivity index (χ1v) is 15.2. The SMILES string of the molecule is CS(=O)(=O)CCCOc1cccc2c1cnn2-c1ccnc(NC2CCC(C(=O)N3CCC(O)C3)CC2)n1. The standard InChI is InChI=1S/C26H34N6O5S/c1-38(35,36)15-3-14-37-23-5-2-4-22-21(23)16-28-32(22)24-10-12-27-26(30-24)29-19-8-6-18(7-9-19)25(34)31-13-11-20(33)17-31/h2,4-5,10,12,16,18-20,33H,3,6-9,11,13-15,17H2,1H3,(H,27,29,30). The molecule has 2 fully saturated rings. The van der Waals surface area contributed by atoms with Crippen LogP contribution in [0.3, 0.4) is 0 Å². The van der Waals surface area contributed by atoms with E-state index in [1.165, 1.54) is 6.26 Å². The highest BCUT2D eigenvalue weighted by Crippen LogP contribution is 2.30. The molecule has 1 saturated heterocycles. The smallest absolute Gasteiger partial charge is 0.225 e. The van der Waals surface area contributed by atoms with Gasteiger partial charge in [-0.3, -0.25) is 4.79 Å². The van der Waals surface area contributed by atoms with E-state index in [1.54, 1.807) is 28.0 Å². The number of ether oxygens (including phenoxy) is 1. The van der Waals surface area contributed by atoms with Crippen molar-refractivity contribution in [3.05, 3.63) is 36.7 Å². The maximum absolute atomic E-state index is 12.8. The van der Waals surface area contributed by atoms with Gasteiger partial charge in [0.05, 0.1) is 35.6 Å². The van der Waals surface area contributed by atoms with Crippen LogP contribution in [0, 0.1) is 5.92 Å². The number of hydrogen-bond acceptors (Lipinski definition) is 9. The molecule has 1 unspecified atom stereocenters. The van der Waals surface area contributed by atoms with Crippen LogP contribution in [0.1, 0.15) is 38.5 Å². The highest BCUT2D eigenvalue weighted by atomic mass is 32.2. The summed E-state index contributed by atoms with van der Waals surface area (Å²) in [6, 6.07) is 7.61. The Labute approximate surface area is 222 Å². The third-order valence-electron chi connectivity index (χ3n) is 7.23. The topological polar surface area (TPSA) is 140 Å². The number of aliphatic hydroxyl groups excluding tert-OH is 1. The van der Waals surface area contributed by atoms with Crippen LogP contribution in [0.25, 0.3) is 16.7 Å². The Morgan fingerprint density at radius 2 is 2.00 bits per heavy atom. The van der Waals surface area contributed by atoms with Crippen molar-refractivity contribution >= 4 is 32.6 Å². The molecule has 1 aliphatic heterocycles. The molecule has 1 aliphatic carbocycles. The minimum absolute atomic E-state index is 0.0174. The highest BCUT2D eigenvalue weighted by Gasteiger charge is 2.33. The van der Waals surface area contributed by atoms with Crippen molar-refractivity contribution in [1.29, 1.82) is 0 Å². The average Bonchev–Trinajstić information content (AvgIpc) is 3.53. The first-order valence-electron chi connectivity index (χ1n) is 13.1. The lowest BCUT2D eigenvalue weighted by Crippen LogP contribution is -2.38. The number of sulfone groups is 1. The Bertz CT molecular complexity index is 1390. The summed E-state index contributed by atoms with van der Waals surface area (Å²) in [4.78, 5) is 23.6. The predicted octanol–water partition coefficient (Wildman–Crippen LogP) is 2.19. The number of hydrogen-bond donors (Lipinski definition) is 2. The number of rotatable bonds is 9. The molecule has 204 valence electrons. The number of carbonyl (C=O) groups is 1. The number of anilines is 1. The fourth-order valence-electron chi connectivity index (χ4n) is 5.24. The number of amides is 1. The van der Waals surface area contributed by atoms with Crippen molar-refractivity contribution in [1.82, 2.24) is 24.6 Å². The lowest BCUT2D eigenvalue weighted by atomic mass is 9.85. The molecule has 1 saturated carbocycles. The second-order valence-corrected chi connectivity index (χ2v) is 12.5. The molecule has 1 aromatic carbocycles. The molecule has 2 aliphatic rings. The van der Waals surface area contributed by atoms with Crippen LogP contribution in [0.5, 0.6) is 5.75 Å². The number of aliphatic hydroxyl groups is 1. The summed E-state index contributed by atoms with van der Waals surface area (Å²) in [7, 11) is -3.02. The molecule has 5 rings (SSSR count). The molecular formula is C26H34N6O5S. The first kappa shape index (κ1) is 26.4. The van der Waals surface area contributed by atoms with Crippen LogP contribution in [0.15, 0.2) is 36.7 Å². The van der Waals surface area contributed by atoms with Gasteiger partial charge < -0.3 is 20.1 Å². The third kappa shape index (κ3) is 6.24. The Kier molecular flexibility index (Phi) is 7.80. The number of β-amino-alcohol motifs (C(OH)–C–C–N with tert-alkyl or cyclic N) is 1. The van der Waals surface area contributed by atoms with E-state index in [-0.39, 0.29) is 29.7 Å². The number of carbonyl (C=O) groups excluding carboxylic acids is 1. The van der Waals surface area contributed by atoms with Gasteiger partial charge in [0.2, 0.25) is 11.9 Å². The zero-order chi connectivity index (χ0) is 26.7. The summed E-state index contributed by atoms with van der Waals surface area (Å²) >= 11 is 0. The molecule has 2 N–H and O–H groups in total. The van der Waals surface area contributed by atoms with Crippen LogP contribution >= 0.6 is 0 Å². The predicted molar refractivity (Wildman–Crippen MR) is 143 cm³/mol. The van der Waals surface area contributed by atoms with Gasteiger partial charge in [0.15, 0.2) is 5.82 Å².